The van der Waals surface area contributed by atoms with Crippen molar-refractivity contribution in [2.24, 2.45) is 0 Å². The van der Waals surface area contributed by atoms with E-state index in [1.807, 2.05) is 0 Å². The maximum atomic E-state index is 7.89. The Hall–Kier alpha value is -8.47. The van der Waals surface area contributed by atoms with E-state index in [-0.39, 0.29) is 40.5 Å². The average molecular weight is 1200 g/mol. The quantitative estimate of drug-likeness (QED) is 0.164. The van der Waals surface area contributed by atoms with E-state index in [9.17, 15) is 0 Å². The van der Waals surface area contributed by atoms with Gasteiger partial charge in [0.15, 0.2) is 0 Å². The maximum Gasteiger partial charge on any atom is 0.256 e. The number of ether oxygens (including phenoxy) is 1. The van der Waals surface area contributed by atoms with Crippen LogP contribution in [0.25, 0.3) is 49.7 Å². The summed E-state index contributed by atoms with van der Waals surface area (Å²) in [7, 11) is 0. The van der Waals surface area contributed by atoms with Gasteiger partial charge in [0.1, 0.15) is 11.5 Å². The highest BCUT2D eigenvalue weighted by Gasteiger charge is 2.48. The zero-order valence-electron chi connectivity index (χ0n) is 58.4. The van der Waals surface area contributed by atoms with Gasteiger partial charge in [0, 0.05) is 62.2 Å². The Kier molecular flexibility index (Phi) is 13.0. The summed E-state index contributed by atoms with van der Waals surface area (Å²) in [5, 5.41) is 2.62. The molecule has 4 aliphatic rings. The smallest absolute Gasteiger partial charge is 0.256 e. The summed E-state index contributed by atoms with van der Waals surface area (Å²) in [6, 6.07) is 63.2. The Balaban J connectivity index is 1.09. The molecule has 0 spiro atoms. The minimum Gasteiger partial charge on any atom is -0.458 e. The molecule has 0 fully saturated rings. The summed E-state index contributed by atoms with van der Waals surface area (Å²) < 4.78 is 10.6. The van der Waals surface area contributed by atoms with E-state index in [0.29, 0.717) is 0 Å². The number of aryl methyl sites for hydroxylation is 6. The molecule has 0 N–H and O–H groups in total. The van der Waals surface area contributed by atoms with Crippen molar-refractivity contribution in [3.05, 3.63) is 219 Å². The van der Waals surface area contributed by atoms with Gasteiger partial charge in [-0.25, -0.2) is 0 Å². The lowest BCUT2D eigenvalue weighted by Crippen LogP contribution is -2.64. The van der Waals surface area contributed by atoms with E-state index >= 15 is 0 Å². The van der Waals surface area contributed by atoms with Crippen LogP contribution in [0.15, 0.2) is 158 Å². The molecule has 4 aliphatic heterocycles. The van der Waals surface area contributed by atoms with Gasteiger partial charge in [-0.3, -0.25) is 0 Å². The molecule has 0 aliphatic carbocycles. The minimum absolute atomic E-state index is 0.0000354. The van der Waals surface area contributed by atoms with Gasteiger partial charge in [-0.05, 0) is 247 Å². The zero-order valence-corrected chi connectivity index (χ0v) is 58.4. The average Bonchev–Trinajstić information content (AvgIpc) is 1.21. The molecule has 0 saturated heterocycles. The first-order chi connectivity index (χ1) is 43.2. The third-order valence-electron chi connectivity index (χ3n) is 21.1. The number of anilines is 6. The normalized spacial score (nSPS) is 14.1. The third-order valence-corrected chi connectivity index (χ3v) is 21.1. The number of fused-ring (bicyclic) bond motifs is 11. The van der Waals surface area contributed by atoms with Gasteiger partial charge in [-0.15, -0.1) is 0 Å². The molecule has 0 amide bonds. The lowest BCUT2D eigenvalue weighted by molar-refractivity contribution is 0.488. The highest BCUT2D eigenvalue weighted by molar-refractivity contribution is 7.02. The summed E-state index contributed by atoms with van der Waals surface area (Å²) in [5.74, 6) is 1.80. The van der Waals surface area contributed by atoms with Crippen LogP contribution in [0.3, 0.4) is 0 Å². The summed E-state index contributed by atoms with van der Waals surface area (Å²) in [6.45, 7) is 48.5. The number of hydrogen-bond donors (Lipinski definition) is 0. The molecule has 0 unspecified atom stereocenters. The van der Waals surface area contributed by atoms with Crippen LogP contribution < -0.4 is 47.3 Å². The Morgan fingerprint density at radius 3 is 1.27 bits per heavy atom. The molecule has 5 heterocycles. The predicted molar refractivity (Wildman–Crippen MR) is 399 cm³/mol. The lowest BCUT2D eigenvalue weighted by Gasteiger charge is -2.44. The summed E-state index contributed by atoms with van der Waals surface area (Å²) in [5.41, 5.74) is 37.2. The molecule has 0 bridgehead atoms. The molecule has 92 heavy (non-hydrogen) atoms. The topological polar surface area (TPSA) is 20.6 Å². The highest BCUT2D eigenvalue weighted by Crippen LogP contribution is 2.50. The van der Waals surface area contributed by atoms with Crippen LogP contribution in [-0.4, -0.2) is 18.0 Å². The Morgan fingerprint density at radius 2 is 0.739 bits per heavy atom. The van der Waals surface area contributed by atoms with Gasteiger partial charge in [-0.1, -0.05) is 194 Å². The van der Waals surface area contributed by atoms with Gasteiger partial charge in [0.2, 0.25) is 0 Å². The zero-order chi connectivity index (χ0) is 65.1. The second-order valence-electron chi connectivity index (χ2n) is 33.1. The van der Waals surface area contributed by atoms with Gasteiger partial charge in [0.25, 0.3) is 13.4 Å². The van der Waals surface area contributed by atoms with E-state index in [2.05, 4.69) is 317 Å². The van der Waals surface area contributed by atoms with E-state index in [1.54, 1.807) is 0 Å². The van der Waals surface area contributed by atoms with Crippen molar-refractivity contribution in [2.45, 2.75) is 172 Å². The second-order valence-corrected chi connectivity index (χ2v) is 33.1. The van der Waals surface area contributed by atoms with E-state index in [4.69, 9.17) is 4.74 Å². The third kappa shape index (κ3) is 9.22. The molecule has 4 nitrogen and oxygen atoms in total. The van der Waals surface area contributed by atoms with Gasteiger partial charge >= 0.3 is 0 Å². The number of nitrogens with zero attached hydrogens (tertiary/aromatic N) is 3. The summed E-state index contributed by atoms with van der Waals surface area (Å²) >= 11 is 0. The SMILES string of the molecule is Cc1cc(C)c(-c2cc3c4c(c2)N(c2ccc(C(C)(C)C)cc2)c2ccc(C(C)(C)C)cc2B4c2cc4c(cc2O3)N(c2ccc(C(C)(C)C)cc2)c2cc(-c3c(C)cc(C)cc3C)cc3c2B4c2cc(C(C)(C)C)cc4c5cc(C(C)(C)C)ccc5n-3c24)c(C)c1. The predicted octanol–water partition coefficient (Wildman–Crippen LogP) is 19.5. The van der Waals surface area contributed by atoms with Gasteiger partial charge in [-0.2, -0.15) is 0 Å². The van der Waals surface area contributed by atoms with Gasteiger partial charge in [0.05, 0.1) is 5.52 Å². The second kappa shape index (κ2) is 20.0. The van der Waals surface area contributed by atoms with E-state index < -0.39 is 0 Å². The molecule has 1 aromatic heterocycles. The van der Waals surface area contributed by atoms with Gasteiger partial charge < -0.3 is 19.1 Å². The lowest BCUT2D eigenvalue weighted by atomic mass is 9.30. The molecular formula is C86H89B2N3O. The number of benzene rings is 10. The fraction of sp³-hybridized carbons (Fsp3) is 0.302. The van der Waals surface area contributed by atoms with Crippen molar-refractivity contribution in [2.75, 3.05) is 9.80 Å². The fourth-order valence-corrected chi connectivity index (χ4v) is 16.5. The molecular weight excluding hydrogens is 1110 g/mol. The molecule has 11 aromatic rings. The highest BCUT2D eigenvalue weighted by atomic mass is 16.5. The minimum atomic E-state index is -0.159. The van der Waals surface area contributed by atoms with Crippen LogP contribution in [0.2, 0.25) is 0 Å². The summed E-state index contributed by atoms with van der Waals surface area (Å²) in [4.78, 5) is 5.17. The molecule has 0 radical (unpaired) electrons. The van der Waals surface area contributed by atoms with Crippen molar-refractivity contribution in [1.29, 1.82) is 0 Å². The number of rotatable bonds is 4. The Bertz CT molecular complexity index is 4940. The number of aromatic nitrogens is 1. The maximum absolute atomic E-state index is 7.89. The largest absolute Gasteiger partial charge is 0.458 e. The van der Waals surface area contributed by atoms with Crippen LogP contribution in [0, 0.1) is 41.5 Å². The molecule has 6 heteroatoms. The van der Waals surface area contributed by atoms with E-state index in [1.165, 1.54) is 150 Å². The summed E-state index contributed by atoms with van der Waals surface area (Å²) in [6.07, 6.45) is 0. The molecule has 15 rings (SSSR count). The van der Waals surface area contributed by atoms with Crippen LogP contribution >= 0.6 is 0 Å². The van der Waals surface area contributed by atoms with Crippen LogP contribution in [0.4, 0.5) is 34.1 Å². The molecule has 10 aromatic carbocycles. The fourth-order valence-electron chi connectivity index (χ4n) is 16.5. The van der Waals surface area contributed by atoms with Crippen molar-refractivity contribution >= 4 is 102 Å². The first-order valence-electron chi connectivity index (χ1n) is 33.7. The first kappa shape index (κ1) is 59.8. The van der Waals surface area contributed by atoms with Crippen molar-refractivity contribution in [3.8, 4) is 39.4 Å². The molecule has 0 atom stereocenters. The molecule has 0 saturated carbocycles. The van der Waals surface area contributed by atoms with Crippen LogP contribution in [0.1, 0.15) is 165 Å². The standard InChI is InChI=1S/C86H89B2N3O/c1-48-34-50(3)77(51(4)35-48)54-38-72-79-73(39-54)91-69-32-26-58(84(13,14)15)42-63(69)64-43-60(86(19,20)21)45-68(81(64)91)88(79)66-46-67-75(47-71(66)90(72)62-30-24-57(25-31-62)83(10,11)12)92-76-41-55(78-52(5)36-49(2)37-53(78)6)40-74-80(76)87(67)65-44-59(85(16,17)18)27-33-70(65)89(74)61-28-22-56(23-29-61)82(7,8)9/h22-47H,1-21H3. The van der Waals surface area contributed by atoms with E-state index in [0.717, 1.165) is 39.8 Å². The van der Waals surface area contributed by atoms with Crippen LogP contribution in [0.5, 0.6) is 11.5 Å². The van der Waals surface area contributed by atoms with Crippen molar-refractivity contribution < 1.29 is 4.74 Å². The van der Waals surface area contributed by atoms with Crippen LogP contribution in [-0.2, 0) is 27.1 Å². The Labute approximate surface area is 548 Å². The monoisotopic (exact) mass is 1200 g/mol. The van der Waals surface area contributed by atoms with Crippen molar-refractivity contribution in [1.82, 2.24) is 4.57 Å². The first-order valence-corrected chi connectivity index (χ1v) is 33.7. The molecule has 460 valence electrons. The Morgan fingerprint density at radius 1 is 0.315 bits per heavy atom. The number of hydrogen-bond acceptors (Lipinski definition) is 3. The van der Waals surface area contributed by atoms with Crippen molar-refractivity contribution in [3.63, 3.8) is 0 Å².